The Morgan fingerprint density at radius 3 is 2.29 bits per heavy atom. The molecule has 98 valence electrons. The lowest BCUT2D eigenvalue weighted by Crippen LogP contribution is -2.47. The fourth-order valence-electron chi connectivity index (χ4n) is 3.32. The second-order valence-corrected chi connectivity index (χ2v) is 7.19. The maximum absolute atomic E-state index is 12.0. The van der Waals surface area contributed by atoms with E-state index in [1.165, 1.54) is 25.7 Å². The van der Waals surface area contributed by atoms with Crippen LogP contribution in [0.4, 0.5) is 0 Å². The normalized spacial score (nSPS) is 37.6. The Morgan fingerprint density at radius 1 is 1.18 bits per heavy atom. The van der Waals surface area contributed by atoms with E-state index in [-0.39, 0.29) is 0 Å². The average Bonchev–Trinajstić information content (AvgIpc) is 2.95. The van der Waals surface area contributed by atoms with E-state index in [4.69, 9.17) is 0 Å². The van der Waals surface area contributed by atoms with Gasteiger partial charge in [0.2, 0.25) is 5.91 Å². The minimum Gasteiger partial charge on any atom is -0.353 e. The molecule has 0 saturated heterocycles. The van der Waals surface area contributed by atoms with Crippen molar-refractivity contribution in [3.63, 3.8) is 0 Å². The maximum atomic E-state index is 12.0. The van der Waals surface area contributed by atoms with Crippen molar-refractivity contribution in [3.05, 3.63) is 0 Å². The lowest BCUT2D eigenvalue weighted by Gasteiger charge is -2.40. The first-order valence-corrected chi connectivity index (χ1v) is 7.20. The molecule has 2 rings (SSSR count). The van der Waals surface area contributed by atoms with Crippen LogP contribution in [-0.2, 0) is 4.79 Å². The Balaban J connectivity index is 1.94. The molecule has 1 N–H and O–H groups in total. The molecule has 0 spiro atoms. The van der Waals surface area contributed by atoms with Crippen molar-refractivity contribution in [3.8, 4) is 0 Å². The van der Waals surface area contributed by atoms with Gasteiger partial charge in [-0.3, -0.25) is 4.79 Å². The molecule has 0 aliphatic heterocycles. The summed E-state index contributed by atoms with van der Waals surface area (Å²) in [5.74, 6) is 1.90. The highest BCUT2D eigenvalue weighted by Crippen LogP contribution is 2.40. The first kappa shape index (κ1) is 12.9. The van der Waals surface area contributed by atoms with Crippen molar-refractivity contribution in [2.24, 2.45) is 23.2 Å². The van der Waals surface area contributed by atoms with Crippen molar-refractivity contribution < 1.29 is 4.79 Å². The summed E-state index contributed by atoms with van der Waals surface area (Å²) in [6.45, 7) is 9.10. The van der Waals surface area contributed by atoms with Crippen molar-refractivity contribution in [2.45, 2.75) is 65.8 Å². The topological polar surface area (TPSA) is 29.1 Å². The van der Waals surface area contributed by atoms with Crippen LogP contribution in [0.3, 0.4) is 0 Å². The van der Waals surface area contributed by atoms with Gasteiger partial charge in [0.1, 0.15) is 0 Å². The van der Waals surface area contributed by atoms with Crippen LogP contribution in [0.15, 0.2) is 0 Å². The number of hydrogen-bond acceptors (Lipinski definition) is 1. The predicted octanol–water partition coefficient (Wildman–Crippen LogP) is 3.36. The van der Waals surface area contributed by atoms with Crippen LogP contribution in [0, 0.1) is 23.2 Å². The average molecular weight is 237 g/mol. The van der Waals surface area contributed by atoms with Crippen LogP contribution >= 0.6 is 0 Å². The molecule has 4 atom stereocenters. The van der Waals surface area contributed by atoms with Crippen LogP contribution in [0.1, 0.15) is 59.8 Å². The summed E-state index contributed by atoms with van der Waals surface area (Å²) in [5.41, 5.74) is 0.313. The zero-order chi connectivity index (χ0) is 12.6. The van der Waals surface area contributed by atoms with Gasteiger partial charge < -0.3 is 5.32 Å². The molecule has 0 radical (unpaired) electrons. The molecule has 0 aromatic carbocycles. The van der Waals surface area contributed by atoms with Crippen LogP contribution in [0.5, 0.6) is 0 Å². The zero-order valence-corrected chi connectivity index (χ0v) is 11.8. The van der Waals surface area contributed by atoms with Crippen molar-refractivity contribution in [1.82, 2.24) is 5.32 Å². The van der Waals surface area contributed by atoms with E-state index in [1.807, 2.05) is 0 Å². The van der Waals surface area contributed by atoms with Crippen LogP contribution in [0.2, 0.25) is 0 Å². The molecule has 0 aromatic rings. The van der Waals surface area contributed by atoms with Crippen molar-refractivity contribution in [1.29, 1.82) is 0 Å². The smallest absolute Gasteiger partial charge is 0.223 e. The van der Waals surface area contributed by atoms with Gasteiger partial charge in [-0.2, -0.15) is 0 Å². The Kier molecular flexibility index (Phi) is 3.51. The third-order valence-corrected chi connectivity index (χ3v) is 4.65. The number of hydrogen-bond donors (Lipinski definition) is 1. The molecule has 2 aliphatic carbocycles. The quantitative estimate of drug-likeness (QED) is 0.784. The van der Waals surface area contributed by atoms with Gasteiger partial charge in [-0.1, -0.05) is 40.5 Å². The summed E-state index contributed by atoms with van der Waals surface area (Å²) in [6, 6.07) is 0.420. The molecule has 2 fully saturated rings. The summed E-state index contributed by atoms with van der Waals surface area (Å²) in [4.78, 5) is 12.0. The highest BCUT2D eigenvalue weighted by Gasteiger charge is 2.42. The fraction of sp³-hybridized carbons (Fsp3) is 0.933. The minimum atomic E-state index is 0.313. The zero-order valence-electron chi connectivity index (χ0n) is 11.8. The number of amides is 1. The number of carbonyl (C=O) groups is 1. The van der Waals surface area contributed by atoms with E-state index in [1.54, 1.807) is 0 Å². The molecule has 17 heavy (non-hydrogen) atoms. The van der Waals surface area contributed by atoms with Crippen molar-refractivity contribution >= 4 is 5.91 Å². The Morgan fingerprint density at radius 2 is 1.76 bits per heavy atom. The van der Waals surface area contributed by atoms with Gasteiger partial charge in [0.05, 0.1) is 0 Å². The first-order valence-electron chi connectivity index (χ1n) is 7.20. The van der Waals surface area contributed by atoms with E-state index in [0.29, 0.717) is 35.1 Å². The van der Waals surface area contributed by atoms with Crippen molar-refractivity contribution in [2.75, 3.05) is 0 Å². The van der Waals surface area contributed by atoms with Crippen LogP contribution in [0.25, 0.3) is 0 Å². The molecular weight excluding hydrogens is 210 g/mol. The molecule has 0 heterocycles. The van der Waals surface area contributed by atoms with E-state index < -0.39 is 0 Å². The first-order chi connectivity index (χ1) is 7.89. The Hall–Kier alpha value is -0.530. The van der Waals surface area contributed by atoms with Gasteiger partial charge >= 0.3 is 0 Å². The van der Waals surface area contributed by atoms with Gasteiger partial charge in [0.15, 0.2) is 0 Å². The van der Waals surface area contributed by atoms with E-state index in [9.17, 15) is 4.79 Å². The summed E-state index contributed by atoms with van der Waals surface area (Å²) >= 11 is 0. The van der Waals surface area contributed by atoms with Gasteiger partial charge in [-0.25, -0.2) is 0 Å². The Bertz CT molecular complexity index is 292. The summed E-state index contributed by atoms with van der Waals surface area (Å²) in [6.07, 6.45) is 6.15. The number of rotatable bonds is 2. The molecule has 0 bridgehead atoms. The third-order valence-electron chi connectivity index (χ3n) is 4.65. The van der Waals surface area contributed by atoms with Gasteiger partial charge in [-0.15, -0.1) is 0 Å². The molecule has 2 heteroatoms. The second kappa shape index (κ2) is 4.62. The summed E-state index contributed by atoms with van der Waals surface area (Å²) in [5, 5.41) is 3.33. The Labute approximate surface area is 106 Å². The summed E-state index contributed by atoms with van der Waals surface area (Å²) in [7, 11) is 0. The monoisotopic (exact) mass is 237 g/mol. The molecule has 0 unspecified atom stereocenters. The number of carbonyl (C=O) groups excluding carboxylic acids is 1. The van der Waals surface area contributed by atoms with E-state index in [2.05, 4.69) is 33.0 Å². The molecule has 1 amide bonds. The van der Waals surface area contributed by atoms with E-state index >= 15 is 0 Å². The lowest BCUT2D eigenvalue weighted by atomic mass is 9.69. The van der Waals surface area contributed by atoms with Crippen LogP contribution in [-0.4, -0.2) is 11.9 Å². The SMILES string of the molecule is C[C@H]1C[C@@H]1C(=O)N[C@@H]1CCCC[C@@H]1C(C)(C)C. The second-order valence-electron chi connectivity index (χ2n) is 7.19. The molecule has 0 aromatic heterocycles. The standard InChI is InChI=1S/C15H27NO/c1-10-9-11(10)14(17)16-13-8-6-5-7-12(13)15(2,3)4/h10-13H,5-9H2,1-4H3,(H,16,17)/t10-,11-,12-,13+/m0/s1. The van der Waals surface area contributed by atoms with Gasteiger partial charge in [0.25, 0.3) is 0 Å². The molecular formula is C15H27NO. The highest BCUT2D eigenvalue weighted by molar-refractivity contribution is 5.81. The van der Waals surface area contributed by atoms with Gasteiger partial charge in [-0.05, 0) is 36.5 Å². The third kappa shape index (κ3) is 3.02. The number of nitrogens with one attached hydrogen (secondary N) is 1. The van der Waals surface area contributed by atoms with Crippen LogP contribution < -0.4 is 5.32 Å². The molecule has 2 saturated carbocycles. The molecule has 2 nitrogen and oxygen atoms in total. The summed E-state index contributed by atoms with van der Waals surface area (Å²) < 4.78 is 0. The fourth-order valence-corrected chi connectivity index (χ4v) is 3.32. The maximum Gasteiger partial charge on any atom is 0.223 e. The largest absolute Gasteiger partial charge is 0.353 e. The minimum absolute atomic E-state index is 0.313. The van der Waals surface area contributed by atoms with Gasteiger partial charge in [0, 0.05) is 12.0 Å². The van der Waals surface area contributed by atoms with E-state index in [0.717, 1.165) is 6.42 Å². The predicted molar refractivity (Wildman–Crippen MR) is 70.6 cm³/mol. The lowest BCUT2D eigenvalue weighted by molar-refractivity contribution is -0.124. The highest BCUT2D eigenvalue weighted by atomic mass is 16.2. The molecule has 2 aliphatic rings.